The minimum Gasteiger partial charge on any atom is -0.496 e. The molecule has 3 aromatic rings. The topological polar surface area (TPSA) is 76.9 Å². The number of methoxy groups -OCH3 is 2. The summed E-state index contributed by atoms with van der Waals surface area (Å²) in [6.07, 6.45) is -1.81. The van der Waals surface area contributed by atoms with Crippen molar-refractivity contribution in [3.63, 3.8) is 0 Å². The van der Waals surface area contributed by atoms with Crippen molar-refractivity contribution in [2.24, 2.45) is 7.05 Å². The van der Waals surface area contributed by atoms with Crippen molar-refractivity contribution in [3.8, 4) is 22.6 Å². The maximum Gasteiger partial charge on any atom is 0.433 e. The summed E-state index contributed by atoms with van der Waals surface area (Å²) >= 11 is 0. The Hall–Kier alpha value is -4.12. The molecule has 1 amide bonds. The van der Waals surface area contributed by atoms with E-state index in [2.05, 4.69) is 16.5 Å². The summed E-state index contributed by atoms with van der Waals surface area (Å²) in [5.74, 6) is 0.400. The van der Waals surface area contributed by atoms with Crippen LogP contribution < -0.4 is 15.0 Å². The molecule has 0 N–H and O–H groups in total. The molecule has 2 bridgehead atoms. The number of rotatable bonds is 8. The van der Waals surface area contributed by atoms with Gasteiger partial charge in [-0.05, 0) is 55.7 Å². The van der Waals surface area contributed by atoms with Gasteiger partial charge in [-0.2, -0.15) is 13.2 Å². The van der Waals surface area contributed by atoms with E-state index in [1.165, 1.54) is 12.1 Å². The highest BCUT2D eigenvalue weighted by Crippen LogP contribution is 2.41. The summed E-state index contributed by atoms with van der Waals surface area (Å²) in [5.41, 5.74) is 3.61. The number of carbonyl (C=O) groups is 1. The molecule has 11 heteroatoms. The number of amides is 1. The number of carbonyl (C=O) groups excluding carboxylic acids is 1. The Balaban J connectivity index is 0.00000235. The Labute approximate surface area is 268 Å². The number of pyridine rings is 2. The van der Waals surface area contributed by atoms with E-state index in [0.717, 1.165) is 34.7 Å². The standard InChI is InChI=1S/C33H37F3N4O4.C2H6/c1-18-20(3)31(41)38(5)16-25(18)22-11-28(43-6)26(29(12-22)44-7)17-40-23-13-24(40)15-39(14-23)32(42)21(4)19(2)27-9-8-10-30(37-27)33(34,35)36;1-2/h8-12,16,19,23-24H,4,13-15,17H2,1-3,5-7H3;1-2H3. The summed E-state index contributed by atoms with van der Waals surface area (Å²) < 4.78 is 52.8. The van der Waals surface area contributed by atoms with Crippen molar-refractivity contribution < 1.29 is 27.4 Å². The van der Waals surface area contributed by atoms with Crippen LogP contribution in [0.3, 0.4) is 0 Å². The van der Waals surface area contributed by atoms with Crippen molar-refractivity contribution in [3.05, 3.63) is 87.1 Å². The lowest BCUT2D eigenvalue weighted by molar-refractivity contribution is -0.141. The van der Waals surface area contributed by atoms with Gasteiger partial charge in [0.05, 0.1) is 19.8 Å². The Kier molecular flexibility index (Phi) is 10.4. The van der Waals surface area contributed by atoms with E-state index >= 15 is 0 Å². The Morgan fingerprint density at radius 2 is 1.65 bits per heavy atom. The fraction of sp³-hybridized carbons (Fsp3) is 0.457. The van der Waals surface area contributed by atoms with Crippen LogP contribution in [-0.2, 0) is 24.6 Å². The largest absolute Gasteiger partial charge is 0.496 e. The predicted molar refractivity (Wildman–Crippen MR) is 172 cm³/mol. The summed E-state index contributed by atoms with van der Waals surface area (Å²) in [4.78, 5) is 33.6. The number of ether oxygens (including phenoxy) is 2. The van der Waals surface area contributed by atoms with Gasteiger partial charge in [-0.1, -0.05) is 33.4 Å². The van der Waals surface area contributed by atoms with Gasteiger partial charge in [0.25, 0.3) is 5.56 Å². The number of hydrogen-bond donors (Lipinski definition) is 0. The van der Waals surface area contributed by atoms with Gasteiger partial charge in [0.2, 0.25) is 5.91 Å². The molecule has 2 aromatic heterocycles. The molecule has 248 valence electrons. The average molecular weight is 641 g/mol. The SMILES string of the molecule is C=C(C(=O)N1CC2CC(C1)N2Cc1c(OC)cc(-c2cn(C)c(=O)c(C)c2C)cc1OC)C(C)c1cccc(C(F)(F)F)n1.CC. The molecule has 3 atom stereocenters. The van der Waals surface area contributed by atoms with E-state index in [1.807, 2.05) is 46.0 Å². The van der Waals surface area contributed by atoms with Gasteiger partial charge < -0.3 is 18.9 Å². The van der Waals surface area contributed by atoms with Gasteiger partial charge in [-0.3, -0.25) is 14.5 Å². The first-order valence-electron chi connectivity index (χ1n) is 15.4. The van der Waals surface area contributed by atoms with E-state index in [-0.39, 0.29) is 34.8 Å². The van der Waals surface area contributed by atoms with Gasteiger partial charge in [-0.25, -0.2) is 4.98 Å². The van der Waals surface area contributed by atoms with E-state index < -0.39 is 17.8 Å². The van der Waals surface area contributed by atoms with Crippen molar-refractivity contribution in [1.82, 2.24) is 19.4 Å². The van der Waals surface area contributed by atoms with Gasteiger partial charge in [0, 0.05) is 73.3 Å². The normalized spacial score (nSPS) is 18.2. The monoisotopic (exact) mass is 640 g/mol. The van der Waals surface area contributed by atoms with Crippen LogP contribution in [0.2, 0.25) is 0 Å². The number of fused-ring (bicyclic) bond motifs is 2. The van der Waals surface area contributed by atoms with E-state index in [0.29, 0.717) is 36.7 Å². The smallest absolute Gasteiger partial charge is 0.433 e. The molecule has 3 aliphatic heterocycles. The number of benzene rings is 1. The number of piperidine rings is 1. The van der Waals surface area contributed by atoms with Crippen molar-refractivity contribution in [2.75, 3.05) is 27.3 Å². The molecule has 3 unspecified atom stereocenters. The molecule has 0 radical (unpaired) electrons. The second-order valence-electron chi connectivity index (χ2n) is 11.7. The zero-order chi connectivity index (χ0) is 34.1. The molecular weight excluding hydrogens is 597 g/mol. The summed E-state index contributed by atoms with van der Waals surface area (Å²) in [5, 5.41) is 0. The first kappa shape index (κ1) is 34.7. The zero-order valence-corrected chi connectivity index (χ0v) is 27.8. The number of aromatic nitrogens is 2. The molecule has 3 saturated heterocycles. The third-order valence-corrected chi connectivity index (χ3v) is 9.12. The molecule has 0 saturated carbocycles. The highest BCUT2D eigenvalue weighted by Gasteiger charge is 2.46. The predicted octanol–water partition coefficient (Wildman–Crippen LogP) is 6.27. The lowest BCUT2D eigenvalue weighted by Gasteiger charge is -2.56. The van der Waals surface area contributed by atoms with Gasteiger partial charge in [-0.15, -0.1) is 0 Å². The first-order chi connectivity index (χ1) is 21.7. The number of aryl methyl sites for hydroxylation is 1. The lowest BCUT2D eigenvalue weighted by Crippen LogP contribution is -2.69. The summed E-state index contributed by atoms with van der Waals surface area (Å²) in [7, 11) is 4.96. The number of alkyl halides is 3. The molecule has 3 aliphatic rings. The molecule has 46 heavy (non-hydrogen) atoms. The molecule has 3 fully saturated rings. The van der Waals surface area contributed by atoms with E-state index in [1.54, 1.807) is 37.7 Å². The van der Waals surface area contributed by atoms with Crippen molar-refractivity contribution in [1.29, 1.82) is 0 Å². The van der Waals surface area contributed by atoms with E-state index in [4.69, 9.17) is 9.47 Å². The van der Waals surface area contributed by atoms with Gasteiger partial charge >= 0.3 is 6.18 Å². The number of nitrogens with zero attached hydrogens (tertiary/aromatic N) is 4. The third kappa shape index (κ3) is 6.56. The van der Waals surface area contributed by atoms with Crippen LogP contribution >= 0.6 is 0 Å². The highest BCUT2D eigenvalue weighted by molar-refractivity contribution is 5.94. The molecule has 5 heterocycles. The van der Waals surface area contributed by atoms with Crippen LogP contribution in [-0.4, -0.2) is 64.7 Å². The second-order valence-corrected chi connectivity index (χ2v) is 11.7. The third-order valence-electron chi connectivity index (χ3n) is 9.12. The quantitative estimate of drug-likeness (QED) is 0.270. The Bertz CT molecular complexity index is 1650. The zero-order valence-electron chi connectivity index (χ0n) is 27.8. The first-order valence-corrected chi connectivity index (χ1v) is 15.4. The van der Waals surface area contributed by atoms with E-state index in [9.17, 15) is 22.8 Å². The van der Waals surface area contributed by atoms with Gasteiger partial charge in [0.15, 0.2) is 0 Å². The lowest BCUT2D eigenvalue weighted by atomic mass is 9.85. The maximum absolute atomic E-state index is 13.4. The Morgan fingerprint density at radius 3 is 2.20 bits per heavy atom. The number of hydrogen-bond acceptors (Lipinski definition) is 6. The molecule has 0 aliphatic carbocycles. The van der Waals surface area contributed by atoms with Crippen LogP contribution in [0.15, 0.2) is 53.5 Å². The highest BCUT2D eigenvalue weighted by atomic mass is 19.4. The van der Waals surface area contributed by atoms with Crippen LogP contribution in [0.4, 0.5) is 13.2 Å². The second kappa shape index (κ2) is 13.7. The van der Waals surface area contributed by atoms with Crippen molar-refractivity contribution >= 4 is 5.91 Å². The minimum absolute atomic E-state index is 0.0380. The summed E-state index contributed by atoms with van der Waals surface area (Å²) in [6, 6.07) is 7.84. The van der Waals surface area contributed by atoms with Crippen LogP contribution in [0.1, 0.15) is 61.2 Å². The van der Waals surface area contributed by atoms with Crippen LogP contribution in [0.25, 0.3) is 11.1 Å². The molecule has 6 rings (SSSR count). The van der Waals surface area contributed by atoms with Crippen LogP contribution in [0.5, 0.6) is 11.5 Å². The molecule has 1 aromatic carbocycles. The molecule has 0 spiro atoms. The molecule has 8 nitrogen and oxygen atoms in total. The minimum atomic E-state index is -4.57. The molecular formula is C35H43F3N4O4. The Morgan fingerprint density at radius 1 is 1.07 bits per heavy atom. The van der Waals surface area contributed by atoms with Crippen LogP contribution in [0, 0.1) is 13.8 Å². The fourth-order valence-electron chi connectivity index (χ4n) is 6.27. The van der Waals surface area contributed by atoms with Gasteiger partial charge in [0.1, 0.15) is 17.2 Å². The number of piperazine rings is 1. The average Bonchev–Trinajstić information content (AvgIpc) is 3.06. The van der Waals surface area contributed by atoms with Crippen molar-refractivity contribution in [2.45, 2.75) is 71.8 Å². The summed E-state index contributed by atoms with van der Waals surface area (Å²) in [6.45, 7) is 14.9. The number of halogens is 3. The fourth-order valence-corrected chi connectivity index (χ4v) is 6.27. The maximum atomic E-state index is 13.4.